The summed E-state index contributed by atoms with van der Waals surface area (Å²) in [5.41, 5.74) is 2.42. The van der Waals surface area contributed by atoms with Crippen LogP contribution >= 0.6 is 11.6 Å². The van der Waals surface area contributed by atoms with E-state index in [0.29, 0.717) is 50.6 Å². The number of para-hydroxylation sites is 2. The normalized spacial score (nSPS) is 14.5. The molecule has 186 valence electrons. The molecule has 10 nitrogen and oxygen atoms in total. The minimum Gasteiger partial charge on any atom is -0.495 e. The number of nitrogens with one attached hydrogen (secondary N) is 2. The van der Waals surface area contributed by atoms with Crippen molar-refractivity contribution < 1.29 is 14.5 Å². The van der Waals surface area contributed by atoms with Crippen molar-refractivity contribution >= 4 is 34.8 Å². The van der Waals surface area contributed by atoms with Gasteiger partial charge in [-0.15, -0.1) is 5.10 Å². The molecule has 1 aliphatic heterocycles. The Morgan fingerprint density at radius 1 is 1.14 bits per heavy atom. The molecule has 0 saturated heterocycles. The molecule has 0 aliphatic carbocycles. The molecule has 0 spiro atoms. The molecule has 1 amide bonds. The Kier molecular flexibility index (Phi) is 6.33. The predicted molar refractivity (Wildman–Crippen MR) is 140 cm³/mol. The SMILES string of the molecule is COc1ccccc1NC(=O)C1=C(C)Nc2nc(-c3cccc(Cl)c3)nn2C1c1cccc([N+](=O)[O-])c1. The van der Waals surface area contributed by atoms with Gasteiger partial charge >= 0.3 is 0 Å². The molecular weight excluding hydrogens is 496 g/mol. The first kappa shape index (κ1) is 24.0. The van der Waals surface area contributed by atoms with Gasteiger partial charge < -0.3 is 15.4 Å². The fourth-order valence-corrected chi connectivity index (χ4v) is 4.44. The summed E-state index contributed by atoms with van der Waals surface area (Å²) in [6, 6.07) is 19.5. The first-order valence-corrected chi connectivity index (χ1v) is 11.6. The molecule has 0 fully saturated rings. The molecule has 1 atom stereocenters. The van der Waals surface area contributed by atoms with Gasteiger partial charge in [0.15, 0.2) is 5.82 Å². The van der Waals surface area contributed by atoms with Crippen LogP contribution < -0.4 is 15.4 Å². The molecule has 37 heavy (non-hydrogen) atoms. The largest absolute Gasteiger partial charge is 0.495 e. The second-order valence-electron chi connectivity index (χ2n) is 8.29. The summed E-state index contributed by atoms with van der Waals surface area (Å²) in [5, 5.41) is 22.8. The number of aromatic nitrogens is 3. The Hall–Kier alpha value is -4.70. The maximum atomic E-state index is 13.7. The van der Waals surface area contributed by atoms with Crippen LogP contribution in [0.4, 0.5) is 17.3 Å². The van der Waals surface area contributed by atoms with Gasteiger partial charge in [-0.1, -0.05) is 48.0 Å². The van der Waals surface area contributed by atoms with Crippen LogP contribution in [0.1, 0.15) is 18.5 Å². The molecule has 1 unspecified atom stereocenters. The van der Waals surface area contributed by atoms with Crippen molar-refractivity contribution in [1.29, 1.82) is 0 Å². The smallest absolute Gasteiger partial charge is 0.269 e. The molecule has 5 rings (SSSR count). The van der Waals surface area contributed by atoms with Crippen LogP contribution in [0.3, 0.4) is 0 Å². The summed E-state index contributed by atoms with van der Waals surface area (Å²) in [5.74, 6) is 0.850. The predicted octanol–water partition coefficient (Wildman–Crippen LogP) is 5.44. The highest BCUT2D eigenvalue weighted by atomic mass is 35.5. The second-order valence-corrected chi connectivity index (χ2v) is 8.72. The lowest BCUT2D eigenvalue weighted by atomic mass is 9.94. The summed E-state index contributed by atoms with van der Waals surface area (Å²) in [6.07, 6.45) is 0. The van der Waals surface area contributed by atoms with Gasteiger partial charge in [-0.05, 0) is 36.8 Å². The number of nitrogens with zero attached hydrogens (tertiary/aromatic N) is 4. The van der Waals surface area contributed by atoms with E-state index in [4.69, 9.17) is 16.3 Å². The van der Waals surface area contributed by atoms with E-state index in [9.17, 15) is 14.9 Å². The summed E-state index contributed by atoms with van der Waals surface area (Å²) >= 11 is 6.17. The van der Waals surface area contributed by atoms with Gasteiger partial charge in [0.25, 0.3) is 11.6 Å². The Balaban J connectivity index is 1.63. The fourth-order valence-electron chi connectivity index (χ4n) is 4.25. The average Bonchev–Trinajstić information content (AvgIpc) is 3.32. The highest BCUT2D eigenvalue weighted by Crippen LogP contribution is 2.38. The number of nitro benzene ring substituents is 1. The number of hydrogen-bond acceptors (Lipinski definition) is 7. The number of rotatable bonds is 6. The van der Waals surface area contributed by atoms with E-state index in [-0.39, 0.29) is 5.69 Å². The molecule has 3 aromatic carbocycles. The van der Waals surface area contributed by atoms with Gasteiger partial charge in [0, 0.05) is 28.4 Å². The molecule has 0 saturated carbocycles. The standard InChI is InChI=1S/C26H21ClN6O4/c1-15-22(25(34)29-20-11-3-4-12-21(20)37-2)23(16-7-6-10-19(14-16)33(35)36)32-26(28-15)30-24(31-32)17-8-5-9-18(27)13-17/h3-14,23H,1-2H3,(H,29,34)(H,28,30,31). The highest BCUT2D eigenvalue weighted by molar-refractivity contribution is 6.30. The second kappa shape index (κ2) is 9.75. The number of anilines is 2. The molecule has 11 heteroatoms. The van der Waals surface area contributed by atoms with E-state index in [1.807, 2.05) is 6.07 Å². The number of allylic oxidation sites excluding steroid dienone is 1. The zero-order valence-corrected chi connectivity index (χ0v) is 20.6. The van der Waals surface area contributed by atoms with Gasteiger partial charge in [0.05, 0.1) is 23.3 Å². The number of non-ortho nitro benzene ring substituents is 1. The zero-order valence-electron chi connectivity index (χ0n) is 19.8. The first-order chi connectivity index (χ1) is 17.9. The fraction of sp³-hybridized carbons (Fsp3) is 0.115. The molecular formula is C26H21ClN6O4. The van der Waals surface area contributed by atoms with Gasteiger partial charge in [-0.25, -0.2) is 4.68 Å². The van der Waals surface area contributed by atoms with Crippen LogP contribution in [0.25, 0.3) is 11.4 Å². The lowest BCUT2D eigenvalue weighted by molar-refractivity contribution is -0.384. The Morgan fingerprint density at radius 3 is 2.68 bits per heavy atom. The Morgan fingerprint density at radius 2 is 1.92 bits per heavy atom. The number of carbonyl (C=O) groups excluding carboxylic acids is 1. The average molecular weight is 517 g/mol. The van der Waals surface area contributed by atoms with E-state index in [1.165, 1.54) is 19.2 Å². The van der Waals surface area contributed by atoms with Gasteiger partial charge in [0.2, 0.25) is 5.95 Å². The number of benzene rings is 3. The number of halogens is 1. The third-order valence-electron chi connectivity index (χ3n) is 5.93. The van der Waals surface area contributed by atoms with Gasteiger partial charge in [-0.3, -0.25) is 14.9 Å². The number of nitro groups is 1. The molecule has 4 aromatic rings. The molecule has 0 radical (unpaired) electrons. The molecule has 2 heterocycles. The van der Waals surface area contributed by atoms with E-state index in [1.54, 1.807) is 66.2 Å². The van der Waals surface area contributed by atoms with E-state index < -0.39 is 16.9 Å². The van der Waals surface area contributed by atoms with Crippen LogP contribution in [0.2, 0.25) is 5.02 Å². The lowest BCUT2D eigenvalue weighted by Gasteiger charge is -2.28. The third kappa shape index (κ3) is 4.62. The monoisotopic (exact) mass is 516 g/mol. The molecule has 0 bridgehead atoms. The maximum Gasteiger partial charge on any atom is 0.269 e. The molecule has 1 aliphatic rings. The number of carbonyl (C=O) groups is 1. The Bertz CT molecular complexity index is 1560. The molecule has 1 aromatic heterocycles. The van der Waals surface area contributed by atoms with E-state index in [0.717, 1.165) is 0 Å². The van der Waals surface area contributed by atoms with Crippen molar-refractivity contribution in [2.45, 2.75) is 13.0 Å². The highest BCUT2D eigenvalue weighted by Gasteiger charge is 2.35. The van der Waals surface area contributed by atoms with Crippen molar-refractivity contribution in [2.75, 3.05) is 17.7 Å². The lowest BCUT2D eigenvalue weighted by Crippen LogP contribution is -2.31. The minimum atomic E-state index is -0.800. The van der Waals surface area contributed by atoms with E-state index >= 15 is 0 Å². The van der Waals surface area contributed by atoms with Crippen LogP contribution in [0.5, 0.6) is 5.75 Å². The number of hydrogen-bond donors (Lipinski definition) is 2. The summed E-state index contributed by atoms with van der Waals surface area (Å²) < 4.78 is 6.93. The van der Waals surface area contributed by atoms with Crippen LogP contribution in [-0.2, 0) is 4.79 Å². The maximum absolute atomic E-state index is 13.7. The molecule has 2 N–H and O–H groups in total. The van der Waals surface area contributed by atoms with E-state index in [2.05, 4.69) is 20.7 Å². The van der Waals surface area contributed by atoms with Gasteiger partial charge in [-0.2, -0.15) is 4.98 Å². The zero-order chi connectivity index (χ0) is 26.1. The topological polar surface area (TPSA) is 124 Å². The third-order valence-corrected chi connectivity index (χ3v) is 6.17. The Labute approximate surface area is 216 Å². The van der Waals surface area contributed by atoms with Crippen molar-refractivity contribution in [3.8, 4) is 17.1 Å². The number of amides is 1. The number of fused-ring (bicyclic) bond motifs is 1. The minimum absolute atomic E-state index is 0.102. The van der Waals surface area contributed by atoms with Crippen molar-refractivity contribution in [1.82, 2.24) is 14.8 Å². The van der Waals surface area contributed by atoms with Crippen molar-refractivity contribution in [2.24, 2.45) is 0 Å². The van der Waals surface area contributed by atoms with Crippen LogP contribution in [0.15, 0.2) is 84.1 Å². The summed E-state index contributed by atoms with van der Waals surface area (Å²) in [6.45, 7) is 1.75. The quantitative estimate of drug-likeness (QED) is 0.258. The number of methoxy groups -OCH3 is 1. The van der Waals surface area contributed by atoms with Gasteiger partial charge in [0.1, 0.15) is 11.8 Å². The van der Waals surface area contributed by atoms with Crippen LogP contribution in [-0.4, -0.2) is 32.7 Å². The first-order valence-electron chi connectivity index (χ1n) is 11.2. The number of ether oxygens (including phenoxy) is 1. The van der Waals surface area contributed by atoms with Crippen molar-refractivity contribution in [3.63, 3.8) is 0 Å². The van der Waals surface area contributed by atoms with Crippen molar-refractivity contribution in [3.05, 3.63) is 105 Å². The summed E-state index contributed by atoms with van der Waals surface area (Å²) in [4.78, 5) is 29.4. The summed E-state index contributed by atoms with van der Waals surface area (Å²) in [7, 11) is 1.52. The van der Waals surface area contributed by atoms with Crippen LogP contribution in [0, 0.1) is 10.1 Å².